The standard InChI is InChI=1S/C25H17Cl2FN8O/c26-12-1-3-18(35-10-20(27)33-34-35)14(7-12)11-5-19-15-8-16(15)23(36(19)22(37)6-11)25-30-9-17(31-25)13-2-4-21(29)32-24(13)28/h1-7,9-10,15-16,23H,8H2,(H2,29,32)(H,30,31). The zero-order valence-electron chi connectivity index (χ0n) is 18.9. The molecule has 5 heterocycles. The summed E-state index contributed by atoms with van der Waals surface area (Å²) >= 11 is 12.3. The molecule has 9 nitrogen and oxygen atoms in total. The number of rotatable bonds is 4. The van der Waals surface area contributed by atoms with Gasteiger partial charge in [-0.1, -0.05) is 28.4 Å². The van der Waals surface area contributed by atoms with E-state index in [1.807, 2.05) is 12.1 Å². The number of nitrogen functional groups attached to an aromatic ring is 1. The molecule has 0 bridgehead atoms. The Balaban J connectivity index is 1.31. The van der Waals surface area contributed by atoms with Gasteiger partial charge in [-0.2, -0.15) is 4.39 Å². The van der Waals surface area contributed by atoms with Gasteiger partial charge in [-0.15, -0.1) is 5.10 Å². The van der Waals surface area contributed by atoms with Crippen molar-refractivity contribution in [2.75, 3.05) is 5.73 Å². The number of aromatic amines is 1. The van der Waals surface area contributed by atoms with E-state index in [4.69, 9.17) is 28.9 Å². The number of halogens is 3. The van der Waals surface area contributed by atoms with E-state index >= 15 is 0 Å². The second kappa shape index (κ2) is 7.99. The highest BCUT2D eigenvalue weighted by Crippen LogP contribution is 2.60. The average Bonchev–Trinajstić information content (AvgIpc) is 3.15. The molecule has 1 aliphatic heterocycles. The van der Waals surface area contributed by atoms with Crippen LogP contribution in [0, 0.1) is 11.9 Å². The minimum absolute atomic E-state index is 0.101. The molecule has 4 aromatic heterocycles. The highest BCUT2D eigenvalue weighted by molar-refractivity contribution is 6.31. The van der Waals surface area contributed by atoms with Crippen LogP contribution in [0.25, 0.3) is 28.1 Å². The highest BCUT2D eigenvalue weighted by Gasteiger charge is 2.54. The van der Waals surface area contributed by atoms with E-state index in [0.717, 1.165) is 23.2 Å². The average molecular weight is 535 g/mol. The number of imidazole rings is 1. The van der Waals surface area contributed by atoms with E-state index in [1.165, 1.54) is 6.07 Å². The molecule has 37 heavy (non-hydrogen) atoms. The van der Waals surface area contributed by atoms with Crippen molar-refractivity contribution in [2.24, 2.45) is 5.92 Å². The van der Waals surface area contributed by atoms with E-state index in [-0.39, 0.29) is 40.0 Å². The lowest BCUT2D eigenvalue weighted by Gasteiger charge is -2.18. The molecule has 184 valence electrons. The van der Waals surface area contributed by atoms with Crippen LogP contribution in [0.1, 0.15) is 29.9 Å². The maximum atomic E-state index is 14.4. The Bertz CT molecular complexity index is 1780. The van der Waals surface area contributed by atoms with Gasteiger partial charge in [0.05, 0.1) is 35.4 Å². The van der Waals surface area contributed by atoms with Crippen LogP contribution in [0.4, 0.5) is 10.2 Å². The molecule has 12 heteroatoms. The van der Waals surface area contributed by atoms with E-state index in [9.17, 15) is 9.18 Å². The van der Waals surface area contributed by atoms with Gasteiger partial charge in [-0.25, -0.2) is 14.6 Å². The van der Waals surface area contributed by atoms with Crippen LogP contribution in [0.3, 0.4) is 0 Å². The summed E-state index contributed by atoms with van der Waals surface area (Å²) in [6.07, 6.45) is 4.08. The Morgan fingerprint density at radius 1 is 1.11 bits per heavy atom. The minimum atomic E-state index is -0.681. The number of nitrogens with one attached hydrogen (secondary N) is 1. The fourth-order valence-electron chi connectivity index (χ4n) is 5.33. The molecular weight excluding hydrogens is 518 g/mol. The molecule has 1 aliphatic carbocycles. The maximum absolute atomic E-state index is 14.4. The van der Waals surface area contributed by atoms with Gasteiger partial charge in [0, 0.05) is 28.3 Å². The lowest BCUT2D eigenvalue weighted by atomic mass is 10.0. The van der Waals surface area contributed by atoms with Crippen molar-refractivity contribution in [3.63, 3.8) is 0 Å². The predicted molar refractivity (Wildman–Crippen MR) is 136 cm³/mol. The molecule has 2 aliphatic rings. The van der Waals surface area contributed by atoms with Gasteiger partial charge in [0.15, 0.2) is 5.15 Å². The van der Waals surface area contributed by atoms with Gasteiger partial charge in [0.1, 0.15) is 11.6 Å². The molecule has 0 saturated heterocycles. The molecular formula is C25H17Cl2FN8O. The van der Waals surface area contributed by atoms with Crippen molar-refractivity contribution in [2.45, 2.75) is 18.4 Å². The highest BCUT2D eigenvalue weighted by atomic mass is 35.5. The summed E-state index contributed by atoms with van der Waals surface area (Å²) in [5.74, 6) is 0.477. The number of H-pyrrole nitrogens is 1. The molecule has 0 amide bonds. The number of hydrogen-bond acceptors (Lipinski definition) is 6. The third-order valence-corrected chi connectivity index (χ3v) is 7.43. The number of hydrogen-bond donors (Lipinski definition) is 2. The number of aromatic nitrogens is 7. The Morgan fingerprint density at radius 2 is 1.97 bits per heavy atom. The molecule has 1 fully saturated rings. The molecule has 3 unspecified atom stereocenters. The normalized spacial score (nSPS) is 19.6. The topological polar surface area (TPSA) is 120 Å². The van der Waals surface area contributed by atoms with Crippen molar-refractivity contribution < 1.29 is 4.39 Å². The Hall–Kier alpha value is -4.02. The molecule has 1 saturated carbocycles. The molecule has 7 rings (SSSR count). The van der Waals surface area contributed by atoms with Gasteiger partial charge >= 0.3 is 0 Å². The first-order valence-corrected chi connectivity index (χ1v) is 12.2. The summed E-state index contributed by atoms with van der Waals surface area (Å²) in [6.45, 7) is 0. The lowest BCUT2D eigenvalue weighted by molar-refractivity contribution is 0.514. The number of pyridine rings is 2. The van der Waals surface area contributed by atoms with E-state index in [2.05, 4.69) is 25.3 Å². The van der Waals surface area contributed by atoms with Gasteiger partial charge in [-0.05, 0) is 54.3 Å². The minimum Gasteiger partial charge on any atom is -0.384 e. The second-order valence-corrected chi connectivity index (χ2v) is 10.1. The zero-order valence-corrected chi connectivity index (χ0v) is 20.4. The number of nitrogens with two attached hydrogens (primary N) is 1. The second-order valence-electron chi connectivity index (χ2n) is 9.23. The van der Waals surface area contributed by atoms with Crippen molar-refractivity contribution >= 4 is 29.0 Å². The largest absolute Gasteiger partial charge is 0.384 e. The van der Waals surface area contributed by atoms with Crippen LogP contribution in [0.15, 0.2) is 59.7 Å². The van der Waals surface area contributed by atoms with Gasteiger partial charge in [0.25, 0.3) is 5.56 Å². The van der Waals surface area contributed by atoms with E-state index < -0.39 is 5.95 Å². The first-order chi connectivity index (χ1) is 17.9. The Labute approximate surface area is 218 Å². The Kier molecular flexibility index (Phi) is 4.79. The summed E-state index contributed by atoms with van der Waals surface area (Å²) in [4.78, 5) is 24.9. The van der Waals surface area contributed by atoms with Crippen LogP contribution < -0.4 is 11.3 Å². The summed E-state index contributed by atoms with van der Waals surface area (Å²) in [5, 5.41) is 8.71. The smallest absolute Gasteiger partial charge is 0.252 e. The fraction of sp³-hybridized carbons (Fsp3) is 0.160. The summed E-state index contributed by atoms with van der Waals surface area (Å²) in [5.41, 5.74) is 9.25. The van der Waals surface area contributed by atoms with Crippen molar-refractivity contribution in [1.29, 1.82) is 0 Å². The monoisotopic (exact) mass is 534 g/mol. The van der Waals surface area contributed by atoms with Gasteiger partial charge in [0.2, 0.25) is 5.95 Å². The molecule has 5 aromatic rings. The lowest BCUT2D eigenvalue weighted by Crippen LogP contribution is -2.26. The summed E-state index contributed by atoms with van der Waals surface area (Å²) in [7, 11) is 0. The van der Waals surface area contributed by atoms with Crippen molar-refractivity contribution in [3.05, 3.63) is 92.9 Å². The molecule has 3 N–H and O–H groups in total. The van der Waals surface area contributed by atoms with Gasteiger partial charge < -0.3 is 15.3 Å². The number of fused-ring (bicyclic) bond motifs is 3. The number of nitrogens with zero attached hydrogens (tertiary/aromatic N) is 6. The Morgan fingerprint density at radius 3 is 2.76 bits per heavy atom. The molecule has 0 radical (unpaired) electrons. The number of anilines is 1. The fourth-order valence-corrected chi connectivity index (χ4v) is 5.63. The van der Waals surface area contributed by atoms with Crippen molar-refractivity contribution in [3.8, 4) is 28.1 Å². The molecule has 3 atom stereocenters. The van der Waals surface area contributed by atoms with Crippen LogP contribution in [-0.2, 0) is 0 Å². The van der Waals surface area contributed by atoms with Crippen LogP contribution in [0.2, 0.25) is 10.2 Å². The summed E-state index contributed by atoms with van der Waals surface area (Å²) < 4.78 is 17.7. The van der Waals surface area contributed by atoms with Crippen molar-refractivity contribution in [1.82, 2.24) is 34.5 Å². The molecule has 1 aromatic carbocycles. The first-order valence-electron chi connectivity index (χ1n) is 11.5. The van der Waals surface area contributed by atoms with Crippen LogP contribution in [0.5, 0.6) is 0 Å². The first kappa shape index (κ1) is 22.2. The maximum Gasteiger partial charge on any atom is 0.252 e. The van der Waals surface area contributed by atoms with Gasteiger partial charge in [-0.3, -0.25) is 4.79 Å². The third kappa shape index (κ3) is 3.55. The number of benzene rings is 1. The zero-order chi connectivity index (χ0) is 25.4. The van der Waals surface area contributed by atoms with E-state index in [0.29, 0.717) is 22.2 Å². The molecule has 0 spiro atoms. The SMILES string of the molecule is Nc1ccc(-c2cnc(C3C4CC4c4cc(-c5cc(Cl)ccc5-n5cc(Cl)nn5)cc(=O)n43)[nH]2)c(F)n1. The van der Waals surface area contributed by atoms with Crippen LogP contribution >= 0.6 is 23.2 Å². The quantitative estimate of drug-likeness (QED) is 0.324. The van der Waals surface area contributed by atoms with E-state index in [1.54, 1.807) is 45.9 Å². The summed E-state index contributed by atoms with van der Waals surface area (Å²) in [6, 6.07) is 11.8. The third-order valence-electron chi connectivity index (χ3n) is 7.02. The predicted octanol–water partition coefficient (Wildman–Crippen LogP) is 4.62. The van der Waals surface area contributed by atoms with Crippen LogP contribution in [-0.4, -0.2) is 34.5 Å².